The summed E-state index contributed by atoms with van der Waals surface area (Å²) in [6.45, 7) is 9.14. The van der Waals surface area contributed by atoms with Gasteiger partial charge < -0.3 is 10.6 Å². The predicted molar refractivity (Wildman–Crippen MR) is 62.4 cm³/mol. The van der Waals surface area contributed by atoms with Gasteiger partial charge in [0.05, 0.1) is 6.04 Å². The molecule has 0 aromatic heterocycles. The van der Waals surface area contributed by atoms with E-state index in [1.807, 2.05) is 18.7 Å². The minimum absolute atomic E-state index is 0.140. The second-order valence-electron chi connectivity index (χ2n) is 5.39. The SMILES string of the molecule is CC(C)CN(C(=O)[C@H](N)C(C)C)C1CC1. The third-order valence-corrected chi connectivity index (χ3v) is 2.84. The Morgan fingerprint density at radius 1 is 1.33 bits per heavy atom. The van der Waals surface area contributed by atoms with E-state index in [0.717, 1.165) is 19.4 Å². The lowest BCUT2D eigenvalue weighted by atomic mass is 10.0. The smallest absolute Gasteiger partial charge is 0.240 e. The molecule has 0 bridgehead atoms. The van der Waals surface area contributed by atoms with Crippen molar-refractivity contribution in [2.45, 2.75) is 52.6 Å². The number of rotatable bonds is 5. The number of amides is 1. The maximum Gasteiger partial charge on any atom is 0.240 e. The Balaban J connectivity index is 2.58. The van der Waals surface area contributed by atoms with Crippen molar-refractivity contribution in [1.29, 1.82) is 0 Å². The van der Waals surface area contributed by atoms with Gasteiger partial charge in [-0.1, -0.05) is 27.7 Å². The first-order chi connectivity index (χ1) is 6.93. The van der Waals surface area contributed by atoms with Crippen LogP contribution < -0.4 is 5.73 Å². The minimum Gasteiger partial charge on any atom is -0.338 e. The topological polar surface area (TPSA) is 46.3 Å². The van der Waals surface area contributed by atoms with Gasteiger partial charge in [-0.15, -0.1) is 0 Å². The number of nitrogens with zero attached hydrogens (tertiary/aromatic N) is 1. The van der Waals surface area contributed by atoms with Crippen LogP contribution in [0.5, 0.6) is 0 Å². The fourth-order valence-corrected chi connectivity index (χ4v) is 1.68. The second-order valence-corrected chi connectivity index (χ2v) is 5.39. The van der Waals surface area contributed by atoms with E-state index in [1.165, 1.54) is 0 Å². The quantitative estimate of drug-likeness (QED) is 0.752. The maximum absolute atomic E-state index is 12.1. The van der Waals surface area contributed by atoms with Gasteiger partial charge in [-0.3, -0.25) is 4.79 Å². The van der Waals surface area contributed by atoms with Crippen molar-refractivity contribution in [3.8, 4) is 0 Å². The number of hydrogen-bond donors (Lipinski definition) is 1. The molecule has 1 atom stereocenters. The fourth-order valence-electron chi connectivity index (χ4n) is 1.68. The Morgan fingerprint density at radius 2 is 1.87 bits per heavy atom. The summed E-state index contributed by atoms with van der Waals surface area (Å²) in [5.74, 6) is 0.890. The molecule has 0 aliphatic heterocycles. The van der Waals surface area contributed by atoms with Crippen molar-refractivity contribution in [3.05, 3.63) is 0 Å². The van der Waals surface area contributed by atoms with E-state index >= 15 is 0 Å². The largest absolute Gasteiger partial charge is 0.338 e. The van der Waals surface area contributed by atoms with Crippen LogP contribution >= 0.6 is 0 Å². The zero-order valence-electron chi connectivity index (χ0n) is 10.4. The highest BCUT2D eigenvalue weighted by Gasteiger charge is 2.35. The first kappa shape index (κ1) is 12.5. The molecule has 0 spiro atoms. The summed E-state index contributed by atoms with van der Waals surface area (Å²) in [4.78, 5) is 14.1. The summed E-state index contributed by atoms with van der Waals surface area (Å²) >= 11 is 0. The molecule has 3 nitrogen and oxygen atoms in total. The van der Waals surface area contributed by atoms with Crippen LogP contribution in [0.2, 0.25) is 0 Å². The van der Waals surface area contributed by atoms with E-state index in [0.29, 0.717) is 12.0 Å². The molecule has 1 aliphatic rings. The molecule has 1 amide bonds. The summed E-state index contributed by atoms with van der Waals surface area (Å²) in [5, 5.41) is 0. The van der Waals surface area contributed by atoms with Gasteiger partial charge in [-0.2, -0.15) is 0 Å². The first-order valence-electron chi connectivity index (χ1n) is 5.99. The monoisotopic (exact) mass is 212 g/mol. The van der Waals surface area contributed by atoms with Crippen molar-refractivity contribution in [2.24, 2.45) is 17.6 Å². The van der Waals surface area contributed by atoms with E-state index < -0.39 is 0 Å². The Hall–Kier alpha value is -0.570. The molecule has 15 heavy (non-hydrogen) atoms. The van der Waals surface area contributed by atoms with Gasteiger partial charge in [-0.25, -0.2) is 0 Å². The van der Waals surface area contributed by atoms with Crippen molar-refractivity contribution < 1.29 is 4.79 Å². The number of hydrogen-bond acceptors (Lipinski definition) is 2. The molecule has 0 heterocycles. The van der Waals surface area contributed by atoms with Crippen LogP contribution in [0.3, 0.4) is 0 Å². The normalized spacial score (nSPS) is 18.3. The van der Waals surface area contributed by atoms with Gasteiger partial charge in [-0.05, 0) is 24.7 Å². The molecular formula is C12H24N2O. The second kappa shape index (κ2) is 4.97. The molecule has 0 aromatic rings. The third kappa shape index (κ3) is 3.49. The summed E-state index contributed by atoms with van der Waals surface area (Å²) in [5.41, 5.74) is 5.91. The van der Waals surface area contributed by atoms with Gasteiger partial charge in [0.25, 0.3) is 0 Å². The van der Waals surface area contributed by atoms with E-state index in [-0.39, 0.29) is 17.9 Å². The van der Waals surface area contributed by atoms with Crippen LogP contribution in [0.4, 0.5) is 0 Å². The van der Waals surface area contributed by atoms with Crippen LogP contribution in [-0.2, 0) is 4.79 Å². The Bertz CT molecular complexity index is 222. The highest BCUT2D eigenvalue weighted by Crippen LogP contribution is 2.28. The molecule has 2 N–H and O–H groups in total. The Kier molecular flexibility index (Phi) is 4.14. The highest BCUT2D eigenvalue weighted by molar-refractivity contribution is 5.82. The van der Waals surface area contributed by atoms with E-state index in [9.17, 15) is 4.79 Å². The first-order valence-corrected chi connectivity index (χ1v) is 5.99. The molecule has 1 fully saturated rings. The van der Waals surface area contributed by atoms with E-state index in [2.05, 4.69) is 13.8 Å². The van der Waals surface area contributed by atoms with Crippen LogP contribution in [0.15, 0.2) is 0 Å². The fraction of sp³-hybridized carbons (Fsp3) is 0.917. The van der Waals surface area contributed by atoms with Gasteiger partial charge >= 0.3 is 0 Å². The number of carbonyl (C=O) groups is 1. The van der Waals surface area contributed by atoms with E-state index in [1.54, 1.807) is 0 Å². The Morgan fingerprint density at radius 3 is 2.20 bits per heavy atom. The van der Waals surface area contributed by atoms with Gasteiger partial charge in [0.15, 0.2) is 0 Å². The highest BCUT2D eigenvalue weighted by atomic mass is 16.2. The molecule has 0 saturated heterocycles. The average molecular weight is 212 g/mol. The molecular weight excluding hydrogens is 188 g/mol. The summed E-state index contributed by atoms with van der Waals surface area (Å²) < 4.78 is 0. The molecule has 88 valence electrons. The minimum atomic E-state index is -0.329. The summed E-state index contributed by atoms with van der Waals surface area (Å²) in [6, 6.07) is 0.147. The molecule has 1 saturated carbocycles. The van der Waals surface area contributed by atoms with Crippen LogP contribution in [-0.4, -0.2) is 29.4 Å². The zero-order valence-corrected chi connectivity index (χ0v) is 10.4. The van der Waals surface area contributed by atoms with Crippen molar-refractivity contribution in [2.75, 3.05) is 6.54 Å². The van der Waals surface area contributed by atoms with Gasteiger partial charge in [0.1, 0.15) is 0 Å². The third-order valence-electron chi connectivity index (χ3n) is 2.84. The van der Waals surface area contributed by atoms with Crippen LogP contribution in [0, 0.1) is 11.8 Å². The van der Waals surface area contributed by atoms with Crippen LogP contribution in [0.1, 0.15) is 40.5 Å². The summed E-state index contributed by atoms with van der Waals surface area (Å²) in [7, 11) is 0. The predicted octanol–water partition coefficient (Wildman–Crippen LogP) is 1.62. The van der Waals surface area contributed by atoms with Crippen molar-refractivity contribution in [3.63, 3.8) is 0 Å². The summed E-state index contributed by atoms with van der Waals surface area (Å²) in [6.07, 6.45) is 2.31. The molecule has 0 aromatic carbocycles. The van der Waals surface area contributed by atoms with Gasteiger partial charge in [0.2, 0.25) is 5.91 Å². The zero-order chi connectivity index (χ0) is 11.6. The lowest BCUT2D eigenvalue weighted by molar-refractivity contribution is -0.134. The lowest BCUT2D eigenvalue weighted by Crippen LogP contribution is -2.48. The molecule has 0 radical (unpaired) electrons. The standard InChI is InChI=1S/C12H24N2O/c1-8(2)7-14(10-5-6-10)12(15)11(13)9(3)4/h8-11H,5-7,13H2,1-4H3/t11-/m1/s1. The maximum atomic E-state index is 12.1. The lowest BCUT2D eigenvalue weighted by Gasteiger charge is -2.28. The van der Waals surface area contributed by atoms with Crippen molar-refractivity contribution in [1.82, 2.24) is 4.90 Å². The van der Waals surface area contributed by atoms with Gasteiger partial charge in [0, 0.05) is 12.6 Å². The molecule has 3 heteroatoms. The molecule has 1 aliphatic carbocycles. The molecule has 0 unspecified atom stereocenters. The Labute approximate surface area is 93.0 Å². The number of nitrogens with two attached hydrogens (primary N) is 1. The van der Waals surface area contributed by atoms with E-state index in [4.69, 9.17) is 5.73 Å². The molecule has 1 rings (SSSR count). The average Bonchev–Trinajstić information content (AvgIpc) is 2.94. The van der Waals surface area contributed by atoms with Crippen molar-refractivity contribution >= 4 is 5.91 Å². The number of carbonyl (C=O) groups excluding carboxylic acids is 1. The van der Waals surface area contributed by atoms with Crippen LogP contribution in [0.25, 0.3) is 0 Å².